The van der Waals surface area contributed by atoms with E-state index in [1.165, 1.54) is 11.8 Å². The highest BCUT2D eigenvalue weighted by atomic mass is 16.5. The fourth-order valence-corrected chi connectivity index (χ4v) is 3.19. The molecule has 3 aromatic rings. The number of H-pyrrole nitrogens is 1. The van der Waals surface area contributed by atoms with Gasteiger partial charge in [0.1, 0.15) is 0 Å². The number of rotatable bonds is 8. The number of carbonyl (C=O) groups is 2. The Balaban J connectivity index is 1.93. The van der Waals surface area contributed by atoms with Crippen LogP contribution < -0.4 is 0 Å². The highest BCUT2D eigenvalue weighted by molar-refractivity contribution is 6.02. The summed E-state index contributed by atoms with van der Waals surface area (Å²) in [6.07, 6.45) is 3.86. The highest BCUT2D eigenvalue weighted by Gasteiger charge is 2.23. The molecule has 0 aliphatic heterocycles. The van der Waals surface area contributed by atoms with Gasteiger partial charge in [0.05, 0.1) is 23.6 Å². The van der Waals surface area contributed by atoms with Gasteiger partial charge in [0.2, 0.25) is 0 Å². The van der Waals surface area contributed by atoms with Crippen molar-refractivity contribution >= 4 is 12.3 Å². The van der Waals surface area contributed by atoms with Crippen molar-refractivity contribution in [3.05, 3.63) is 77.2 Å². The molecule has 28 heavy (non-hydrogen) atoms. The van der Waals surface area contributed by atoms with Gasteiger partial charge in [-0.3, -0.25) is 14.7 Å². The number of benzene rings is 1. The van der Waals surface area contributed by atoms with Crippen LogP contribution in [0.25, 0.3) is 11.3 Å². The van der Waals surface area contributed by atoms with Crippen LogP contribution in [0, 0.1) is 0 Å². The van der Waals surface area contributed by atoms with E-state index in [4.69, 9.17) is 4.74 Å². The van der Waals surface area contributed by atoms with Gasteiger partial charge in [-0.15, -0.1) is 0 Å². The number of pyridine rings is 1. The number of aromatic amines is 1. The van der Waals surface area contributed by atoms with Gasteiger partial charge in [0, 0.05) is 31.0 Å². The quantitative estimate of drug-likeness (QED) is 0.479. The van der Waals surface area contributed by atoms with E-state index in [1.807, 2.05) is 37.4 Å². The topological polar surface area (TPSA) is 75.3 Å². The van der Waals surface area contributed by atoms with Crippen LogP contribution in [0.4, 0.5) is 0 Å². The number of hydrogen-bond acceptors (Lipinski definition) is 5. The maximum absolute atomic E-state index is 12.3. The van der Waals surface area contributed by atoms with E-state index in [1.54, 1.807) is 13.1 Å². The van der Waals surface area contributed by atoms with Crippen molar-refractivity contribution in [3.8, 4) is 11.3 Å². The zero-order valence-electron chi connectivity index (χ0n) is 16.0. The molecule has 6 nitrogen and oxygen atoms in total. The molecule has 0 saturated carbocycles. The fraction of sp³-hybridized carbons (Fsp3) is 0.227. The smallest absolute Gasteiger partial charge is 0.340 e. The molecule has 0 atom stereocenters. The normalized spacial score (nSPS) is 10.8. The van der Waals surface area contributed by atoms with Crippen LogP contribution in [0.15, 0.2) is 54.9 Å². The minimum Gasteiger partial charge on any atom is -0.462 e. The minimum atomic E-state index is -0.476. The lowest BCUT2D eigenvalue weighted by molar-refractivity contribution is 0.0527. The highest BCUT2D eigenvalue weighted by Crippen LogP contribution is 2.29. The molecule has 1 aromatic carbocycles. The van der Waals surface area contributed by atoms with E-state index in [0.717, 1.165) is 12.1 Å². The number of carbonyl (C=O) groups excluding carboxylic acids is 2. The van der Waals surface area contributed by atoms with Gasteiger partial charge in [-0.25, -0.2) is 4.79 Å². The first-order valence-electron chi connectivity index (χ1n) is 9.14. The molecule has 0 fully saturated rings. The van der Waals surface area contributed by atoms with Crippen molar-refractivity contribution < 1.29 is 14.3 Å². The summed E-state index contributed by atoms with van der Waals surface area (Å²) < 4.78 is 5.13. The summed E-state index contributed by atoms with van der Waals surface area (Å²) in [7, 11) is 2.02. The van der Waals surface area contributed by atoms with Crippen LogP contribution in [0.3, 0.4) is 0 Å². The Morgan fingerprint density at radius 3 is 2.68 bits per heavy atom. The van der Waals surface area contributed by atoms with Gasteiger partial charge >= 0.3 is 5.97 Å². The summed E-state index contributed by atoms with van der Waals surface area (Å²) in [5, 5.41) is 0. The van der Waals surface area contributed by atoms with Crippen molar-refractivity contribution in [1.82, 2.24) is 14.9 Å². The molecule has 6 heteroatoms. The van der Waals surface area contributed by atoms with Gasteiger partial charge in [-0.1, -0.05) is 36.4 Å². The molecular formula is C22H23N3O3. The van der Waals surface area contributed by atoms with Crippen LogP contribution in [0.1, 0.15) is 38.9 Å². The molecule has 2 aromatic heterocycles. The van der Waals surface area contributed by atoms with Crippen molar-refractivity contribution in [2.24, 2.45) is 0 Å². The molecule has 0 amide bonds. The van der Waals surface area contributed by atoms with Gasteiger partial charge in [-0.05, 0) is 31.2 Å². The zero-order valence-corrected chi connectivity index (χ0v) is 16.0. The first kappa shape index (κ1) is 19.5. The predicted octanol–water partition coefficient (Wildman–Crippen LogP) is 3.70. The summed E-state index contributed by atoms with van der Waals surface area (Å²) in [5.74, 6) is -0.476. The minimum absolute atomic E-state index is 0.259. The molecule has 0 saturated heterocycles. The third-order valence-corrected chi connectivity index (χ3v) is 4.39. The zero-order chi connectivity index (χ0) is 19.9. The summed E-state index contributed by atoms with van der Waals surface area (Å²) >= 11 is 0. The molecule has 144 valence electrons. The number of nitrogens with zero attached hydrogens (tertiary/aromatic N) is 2. The molecule has 0 aliphatic carbocycles. The third kappa shape index (κ3) is 4.35. The van der Waals surface area contributed by atoms with Crippen LogP contribution in [0.2, 0.25) is 0 Å². The molecule has 0 unspecified atom stereocenters. The van der Waals surface area contributed by atoms with Crippen LogP contribution in [-0.2, 0) is 17.8 Å². The lowest BCUT2D eigenvalue weighted by Gasteiger charge is -2.19. The monoisotopic (exact) mass is 377 g/mol. The third-order valence-electron chi connectivity index (χ3n) is 4.39. The Morgan fingerprint density at radius 1 is 1.18 bits per heavy atom. The van der Waals surface area contributed by atoms with Crippen LogP contribution in [0.5, 0.6) is 0 Å². The lowest BCUT2D eigenvalue weighted by Crippen LogP contribution is -2.18. The Morgan fingerprint density at radius 2 is 1.96 bits per heavy atom. The summed E-state index contributed by atoms with van der Waals surface area (Å²) in [4.78, 5) is 33.4. The van der Waals surface area contributed by atoms with E-state index in [2.05, 4.69) is 27.0 Å². The van der Waals surface area contributed by atoms with Gasteiger partial charge in [0.15, 0.2) is 6.29 Å². The average Bonchev–Trinajstić information content (AvgIpc) is 3.13. The Hall–Kier alpha value is -3.25. The van der Waals surface area contributed by atoms with Crippen LogP contribution in [-0.4, -0.2) is 40.8 Å². The molecule has 1 N–H and O–H groups in total. The van der Waals surface area contributed by atoms with Gasteiger partial charge in [-0.2, -0.15) is 0 Å². The Kier molecular flexibility index (Phi) is 6.34. The Labute approximate surface area is 164 Å². The van der Waals surface area contributed by atoms with Gasteiger partial charge < -0.3 is 9.72 Å². The van der Waals surface area contributed by atoms with E-state index < -0.39 is 5.97 Å². The predicted molar refractivity (Wildman–Crippen MR) is 107 cm³/mol. The van der Waals surface area contributed by atoms with Crippen molar-refractivity contribution in [2.45, 2.75) is 20.0 Å². The van der Waals surface area contributed by atoms with E-state index in [-0.39, 0.29) is 6.61 Å². The number of nitrogens with one attached hydrogen (secondary N) is 1. The van der Waals surface area contributed by atoms with Crippen molar-refractivity contribution in [2.75, 3.05) is 13.7 Å². The number of hydrogen-bond donors (Lipinski definition) is 1. The van der Waals surface area contributed by atoms with Crippen molar-refractivity contribution in [1.29, 1.82) is 0 Å². The fourth-order valence-electron chi connectivity index (χ4n) is 3.19. The number of aromatic nitrogens is 2. The summed E-state index contributed by atoms with van der Waals surface area (Å²) in [6.45, 7) is 3.39. The first-order chi connectivity index (χ1) is 13.6. The van der Waals surface area contributed by atoms with Crippen molar-refractivity contribution in [3.63, 3.8) is 0 Å². The average molecular weight is 377 g/mol. The van der Waals surface area contributed by atoms with E-state index >= 15 is 0 Å². The number of ether oxygens (including phenoxy) is 1. The Bertz CT molecular complexity index is 951. The van der Waals surface area contributed by atoms with E-state index in [9.17, 15) is 9.59 Å². The first-order valence-corrected chi connectivity index (χ1v) is 9.14. The molecule has 3 rings (SSSR count). The molecule has 0 spiro atoms. The van der Waals surface area contributed by atoms with Crippen LogP contribution >= 0.6 is 0 Å². The molecule has 0 aliphatic rings. The maximum Gasteiger partial charge on any atom is 0.340 e. The number of esters is 1. The maximum atomic E-state index is 12.3. The SMILES string of the molecule is CCOC(=O)c1c[nH]c(C=O)c1-c1ncccc1CN(C)Cc1ccccc1. The molecule has 2 heterocycles. The second-order valence-corrected chi connectivity index (χ2v) is 6.50. The standard InChI is InChI=1S/C22H23N3O3/c1-3-28-22(27)18-12-24-19(15-26)20(18)21-17(10-7-11-23-21)14-25(2)13-16-8-5-4-6-9-16/h4-12,15,24H,3,13-14H2,1-2H3. The second-order valence-electron chi connectivity index (χ2n) is 6.50. The largest absolute Gasteiger partial charge is 0.462 e. The number of aldehydes is 1. The van der Waals surface area contributed by atoms with Gasteiger partial charge in [0.25, 0.3) is 0 Å². The summed E-state index contributed by atoms with van der Waals surface area (Å²) in [6, 6.07) is 14.0. The van der Waals surface area contributed by atoms with E-state index in [0.29, 0.717) is 35.3 Å². The molecular weight excluding hydrogens is 354 g/mol. The molecule has 0 radical (unpaired) electrons. The molecule has 0 bridgehead atoms. The second kappa shape index (κ2) is 9.10. The lowest BCUT2D eigenvalue weighted by atomic mass is 10.0. The summed E-state index contributed by atoms with van der Waals surface area (Å²) in [5.41, 5.74) is 3.85.